The Morgan fingerprint density at radius 3 is 2.68 bits per heavy atom. The van der Waals surface area contributed by atoms with Gasteiger partial charge in [0.05, 0.1) is 22.7 Å². The van der Waals surface area contributed by atoms with Crippen molar-refractivity contribution in [2.45, 2.75) is 13.3 Å². The van der Waals surface area contributed by atoms with Gasteiger partial charge in [-0.3, -0.25) is 4.72 Å². The maximum Gasteiger partial charge on any atom is 0.232 e. The van der Waals surface area contributed by atoms with Crippen molar-refractivity contribution in [2.75, 3.05) is 15.8 Å². The lowest BCUT2D eigenvalue weighted by molar-refractivity contribution is 0.588. The fourth-order valence-electron chi connectivity index (χ4n) is 3.32. The molecule has 0 spiro atoms. The standard InChI is InChI=1S/C23H18F2N6O2S/c1-2-10-34(32,33)31-20-9-7-17(24)22(21(20)25)30-23-16-11-14(6-8-19(16)27-13-28-23)18-5-3-4-15(12-26)29-18/h3-9,11,13,31H,2,10H2,1H3,(H,27,28,30). The quantitative estimate of drug-likeness (QED) is 0.392. The van der Waals surface area contributed by atoms with Crippen LogP contribution in [0.1, 0.15) is 19.0 Å². The summed E-state index contributed by atoms with van der Waals surface area (Å²) in [6.45, 7) is 1.67. The maximum atomic E-state index is 15.1. The minimum absolute atomic E-state index is 0.106. The molecule has 2 aromatic heterocycles. The number of benzene rings is 2. The van der Waals surface area contributed by atoms with Gasteiger partial charge in [0.1, 0.15) is 35.4 Å². The minimum Gasteiger partial charge on any atom is -0.335 e. The summed E-state index contributed by atoms with van der Waals surface area (Å²) in [6, 6.07) is 14.1. The zero-order valence-electron chi connectivity index (χ0n) is 17.9. The highest BCUT2D eigenvalue weighted by Gasteiger charge is 2.19. The zero-order chi connectivity index (χ0) is 24.3. The van der Waals surface area contributed by atoms with Crippen molar-refractivity contribution in [3.8, 4) is 17.3 Å². The Bertz CT molecular complexity index is 1540. The van der Waals surface area contributed by atoms with Crippen LogP contribution in [0, 0.1) is 23.0 Å². The van der Waals surface area contributed by atoms with Gasteiger partial charge in [0.25, 0.3) is 0 Å². The number of nitriles is 1. The summed E-state index contributed by atoms with van der Waals surface area (Å²) in [7, 11) is -3.78. The van der Waals surface area contributed by atoms with E-state index < -0.39 is 27.3 Å². The number of sulfonamides is 1. The van der Waals surface area contributed by atoms with Crippen LogP contribution in [0.4, 0.5) is 26.0 Å². The van der Waals surface area contributed by atoms with Crippen LogP contribution < -0.4 is 10.0 Å². The number of fused-ring (bicyclic) bond motifs is 1. The number of halogens is 2. The zero-order valence-corrected chi connectivity index (χ0v) is 18.7. The molecule has 0 saturated heterocycles. The van der Waals surface area contributed by atoms with Gasteiger partial charge in [-0.05, 0) is 42.8 Å². The predicted molar refractivity (Wildman–Crippen MR) is 125 cm³/mol. The monoisotopic (exact) mass is 480 g/mol. The molecule has 4 aromatic rings. The third-order valence-corrected chi connectivity index (χ3v) is 6.34. The molecule has 0 fully saturated rings. The Kier molecular flexibility index (Phi) is 6.34. The normalized spacial score (nSPS) is 11.2. The van der Waals surface area contributed by atoms with E-state index in [9.17, 15) is 12.8 Å². The van der Waals surface area contributed by atoms with Crippen molar-refractivity contribution in [2.24, 2.45) is 0 Å². The van der Waals surface area contributed by atoms with Gasteiger partial charge in [0.15, 0.2) is 5.82 Å². The molecule has 8 nitrogen and oxygen atoms in total. The number of nitrogens with zero attached hydrogens (tertiary/aromatic N) is 4. The summed E-state index contributed by atoms with van der Waals surface area (Å²) in [4.78, 5) is 12.6. The largest absolute Gasteiger partial charge is 0.335 e. The fourth-order valence-corrected chi connectivity index (χ4v) is 4.46. The number of hydrogen-bond donors (Lipinski definition) is 2. The molecule has 0 bridgehead atoms. The second kappa shape index (κ2) is 9.36. The summed E-state index contributed by atoms with van der Waals surface area (Å²) in [5, 5.41) is 12.2. The fraction of sp³-hybridized carbons (Fsp3) is 0.130. The van der Waals surface area contributed by atoms with Gasteiger partial charge >= 0.3 is 0 Å². The average Bonchev–Trinajstić information content (AvgIpc) is 2.83. The van der Waals surface area contributed by atoms with Crippen molar-refractivity contribution in [1.29, 1.82) is 5.26 Å². The molecule has 0 unspecified atom stereocenters. The third-order valence-electron chi connectivity index (χ3n) is 4.87. The Morgan fingerprint density at radius 2 is 1.91 bits per heavy atom. The average molecular weight is 481 g/mol. The third kappa shape index (κ3) is 4.77. The first-order valence-electron chi connectivity index (χ1n) is 10.2. The summed E-state index contributed by atoms with van der Waals surface area (Å²) >= 11 is 0. The van der Waals surface area contributed by atoms with Crippen LogP contribution in [-0.2, 0) is 10.0 Å². The lowest BCUT2D eigenvalue weighted by Crippen LogP contribution is -2.17. The van der Waals surface area contributed by atoms with E-state index in [4.69, 9.17) is 5.26 Å². The molecule has 34 heavy (non-hydrogen) atoms. The number of pyridine rings is 1. The highest BCUT2D eigenvalue weighted by Crippen LogP contribution is 2.32. The van der Waals surface area contributed by atoms with Crippen molar-refractivity contribution in [3.05, 3.63) is 72.2 Å². The van der Waals surface area contributed by atoms with Crippen LogP contribution >= 0.6 is 0 Å². The molecule has 0 amide bonds. The Morgan fingerprint density at radius 1 is 1.09 bits per heavy atom. The number of anilines is 3. The van der Waals surface area contributed by atoms with Crippen molar-refractivity contribution in [3.63, 3.8) is 0 Å². The molecular weight excluding hydrogens is 462 g/mol. The molecule has 4 rings (SSSR count). The van der Waals surface area contributed by atoms with Gasteiger partial charge in [-0.15, -0.1) is 0 Å². The number of nitrogens with one attached hydrogen (secondary N) is 2. The first-order valence-corrected chi connectivity index (χ1v) is 11.8. The van der Waals surface area contributed by atoms with Crippen molar-refractivity contribution < 1.29 is 17.2 Å². The highest BCUT2D eigenvalue weighted by atomic mass is 32.2. The molecule has 11 heteroatoms. The summed E-state index contributed by atoms with van der Waals surface area (Å²) in [5.41, 5.74) is 0.968. The molecule has 2 heterocycles. The molecule has 0 aliphatic rings. The Hall–Kier alpha value is -4.17. The molecule has 172 valence electrons. The second-order valence-electron chi connectivity index (χ2n) is 7.30. The number of hydrogen-bond acceptors (Lipinski definition) is 7. The van der Waals surface area contributed by atoms with E-state index in [1.54, 1.807) is 43.3 Å². The molecule has 0 aliphatic carbocycles. The van der Waals surface area contributed by atoms with Gasteiger partial charge in [0.2, 0.25) is 10.0 Å². The van der Waals surface area contributed by atoms with Crippen LogP contribution in [0.25, 0.3) is 22.2 Å². The van der Waals surface area contributed by atoms with E-state index in [1.807, 2.05) is 6.07 Å². The summed E-state index contributed by atoms with van der Waals surface area (Å²) < 4.78 is 55.9. The molecule has 0 atom stereocenters. The van der Waals surface area contributed by atoms with E-state index in [0.29, 0.717) is 28.6 Å². The van der Waals surface area contributed by atoms with E-state index in [-0.39, 0.29) is 23.0 Å². The lowest BCUT2D eigenvalue weighted by Gasteiger charge is -2.14. The van der Waals surface area contributed by atoms with Crippen LogP contribution in [0.5, 0.6) is 0 Å². The number of aromatic nitrogens is 3. The van der Waals surface area contributed by atoms with Crippen molar-refractivity contribution >= 4 is 38.1 Å². The maximum absolute atomic E-state index is 15.1. The Labute approximate surface area is 194 Å². The molecule has 0 aliphatic heterocycles. The lowest BCUT2D eigenvalue weighted by atomic mass is 10.1. The van der Waals surface area contributed by atoms with Gasteiger partial charge < -0.3 is 5.32 Å². The van der Waals surface area contributed by atoms with Gasteiger partial charge in [-0.2, -0.15) is 5.26 Å². The number of rotatable bonds is 7. The van der Waals surface area contributed by atoms with E-state index in [2.05, 4.69) is 25.0 Å². The van der Waals surface area contributed by atoms with E-state index in [0.717, 1.165) is 12.1 Å². The minimum atomic E-state index is -3.78. The smallest absolute Gasteiger partial charge is 0.232 e. The molecule has 0 saturated carbocycles. The van der Waals surface area contributed by atoms with Gasteiger partial charge in [-0.25, -0.2) is 32.2 Å². The van der Waals surface area contributed by atoms with Crippen LogP contribution in [0.2, 0.25) is 0 Å². The molecule has 0 radical (unpaired) electrons. The molecular formula is C23H18F2N6O2S. The van der Waals surface area contributed by atoms with Gasteiger partial charge in [0, 0.05) is 10.9 Å². The summed E-state index contributed by atoms with van der Waals surface area (Å²) in [6.07, 6.45) is 1.58. The van der Waals surface area contributed by atoms with Crippen LogP contribution in [-0.4, -0.2) is 29.1 Å². The highest BCUT2D eigenvalue weighted by molar-refractivity contribution is 7.92. The SMILES string of the molecule is CCCS(=O)(=O)Nc1ccc(F)c(Nc2ncnc3ccc(-c4cccc(C#N)n4)cc23)c1F. The van der Waals surface area contributed by atoms with Crippen molar-refractivity contribution in [1.82, 2.24) is 15.0 Å². The topological polar surface area (TPSA) is 121 Å². The van der Waals surface area contributed by atoms with Gasteiger partial charge in [-0.1, -0.05) is 19.1 Å². The van der Waals surface area contributed by atoms with E-state index in [1.165, 1.54) is 6.33 Å². The van der Waals surface area contributed by atoms with E-state index >= 15 is 4.39 Å². The predicted octanol–water partition coefficient (Wildman–Crippen LogP) is 4.74. The molecule has 2 N–H and O–H groups in total. The summed E-state index contributed by atoms with van der Waals surface area (Å²) in [5.74, 6) is -2.13. The van der Waals surface area contributed by atoms with Crippen LogP contribution in [0.3, 0.4) is 0 Å². The Balaban J connectivity index is 1.76. The van der Waals surface area contributed by atoms with Crippen LogP contribution in [0.15, 0.2) is 54.9 Å². The molecule has 2 aromatic carbocycles. The first kappa shape index (κ1) is 23.0. The first-order chi connectivity index (χ1) is 16.3. The second-order valence-corrected chi connectivity index (χ2v) is 9.15.